The minimum atomic E-state index is -4.64. The van der Waals surface area contributed by atoms with E-state index in [0.29, 0.717) is 0 Å². The molecule has 0 aromatic heterocycles. The van der Waals surface area contributed by atoms with Crippen LogP contribution in [0.1, 0.15) is 16.7 Å². The molecule has 1 aliphatic rings. The Morgan fingerprint density at radius 2 is 1.19 bits per heavy atom. The SMILES string of the molecule is CO[C@H]1O[C@H](COCc2ccccc2)[C@H](S(=O)(=O)O)[C@H](OCc2ccccc2)[C@H]1OCc1ccccc1. The van der Waals surface area contributed by atoms with Gasteiger partial charge in [0.2, 0.25) is 0 Å². The largest absolute Gasteiger partial charge is 0.374 e. The van der Waals surface area contributed by atoms with Gasteiger partial charge in [-0.05, 0) is 16.7 Å². The molecule has 1 saturated heterocycles. The smallest absolute Gasteiger partial charge is 0.273 e. The molecule has 1 fully saturated rings. The average Bonchev–Trinajstić information content (AvgIpc) is 2.91. The predicted molar refractivity (Wildman–Crippen MR) is 137 cm³/mol. The summed E-state index contributed by atoms with van der Waals surface area (Å²) < 4.78 is 65.4. The van der Waals surface area contributed by atoms with Crippen LogP contribution in [0.5, 0.6) is 0 Å². The summed E-state index contributed by atoms with van der Waals surface area (Å²) >= 11 is 0. The first kappa shape index (κ1) is 27.4. The minimum Gasteiger partial charge on any atom is -0.374 e. The van der Waals surface area contributed by atoms with Crippen LogP contribution in [0.25, 0.3) is 0 Å². The first-order valence-electron chi connectivity index (χ1n) is 12.0. The van der Waals surface area contributed by atoms with Crippen molar-refractivity contribution in [2.24, 2.45) is 0 Å². The molecule has 8 nitrogen and oxygen atoms in total. The highest BCUT2D eigenvalue weighted by molar-refractivity contribution is 7.86. The monoisotopic (exact) mass is 528 g/mol. The molecule has 0 bridgehead atoms. The zero-order valence-electron chi connectivity index (χ0n) is 20.6. The fourth-order valence-corrected chi connectivity index (χ4v) is 5.43. The van der Waals surface area contributed by atoms with Gasteiger partial charge in [-0.2, -0.15) is 8.42 Å². The van der Waals surface area contributed by atoms with E-state index in [4.69, 9.17) is 23.7 Å². The number of methoxy groups -OCH3 is 1. The fourth-order valence-electron chi connectivity index (χ4n) is 4.33. The van der Waals surface area contributed by atoms with Crippen LogP contribution in [0.2, 0.25) is 0 Å². The van der Waals surface area contributed by atoms with E-state index >= 15 is 0 Å². The first-order valence-corrected chi connectivity index (χ1v) is 13.5. The summed E-state index contributed by atoms with van der Waals surface area (Å²) in [6, 6.07) is 28.3. The van der Waals surface area contributed by atoms with Gasteiger partial charge >= 0.3 is 0 Å². The van der Waals surface area contributed by atoms with E-state index in [9.17, 15) is 13.0 Å². The van der Waals surface area contributed by atoms with E-state index in [1.165, 1.54) is 7.11 Å². The van der Waals surface area contributed by atoms with Crippen molar-refractivity contribution in [1.29, 1.82) is 0 Å². The van der Waals surface area contributed by atoms with Crippen LogP contribution in [0.4, 0.5) is 0 Å². The Kier molecular flexibility index (Phi) is 9.81. The van der Waals surface area contributed by atoms with Gasteiger partial charge in [0.25, 0.3) is 10.1 Å². The molecule has 3 aromatic carbocycles. The minimum absolute atomic E-state index is 0.101. The van der Waals surface area contributed by atoms with Crippen molar-refractivity contribution in [2.45, 2.75) is 49.7 Å². The van der Waals surface area contributed by atoms with Crippen LogP contribution in [0, 0.1) is 0 Å². The molecule has 1 aliphatic heterocycles. The Labute approximate surface area is 217 Å². The zero-order chi connectivity index (χ0) is 26.1. The highest BCUT2D eigenvalue weighted by Gasteiger charge is 2.53. The Balaban J connectivity index is 1.57. The molecular formula is C28H32O8S. The second kappa shape index (κ2) is 13.3. The number of benzene rings is 3. The van der Waals surface area contributed by atoms with Crippen molar-refractivity contribution in [3.05, 3.63) is 108 Å². The highest BCUT2D eigenvalue weighted by Crippen LogP contribution is 2.32. The van der Waals surface area contributed by atoms with Gasteiger partial charge in [0.1, 0.15) is 23.6 Å². The molecule has 9 heteroatoms. The van der Waals surface area contributed by atoms with Gasteiger partial charge in [0, 0.05) is 7.11 Å². The normalized spacial score (nSPS) is 24.1. The van der Waals surface area contributed by atoms with Gasteiger partial charge < -0.3 is 23.7 Å². The molecular weight excluding hydrogens is 496 g/mol. The molecule has 0 amide bonds. The lowest BCUT2D eigenvalue weighted by atomic mass is 10.0. The van der Waals surface area contributed by atoms with Crippen molar-refractivity contribution in [2.75, 3.05) is 13.7 Å². The second-order valence-corrected chi connectivity index (χ2v) is 10.4. The molecule has 0 unspecified atom stereocenters. The van der Waals surface area contributed by atoms with E-state index in [0.717, 1.165) is 16.7 Å². The maximum atomic E-state index is 12.7. The molecule has 0 radical (unpaired) electrons. The van der Waals surface area contributed by atoms with E-state index in [1.54, 1.807) is 0 Å². The molecule has 0 spiro atoms. The van der Waals surface area contributed by atoms with Gasteiger partial charge in [-0.1, -0.05) is 91.0 Å². The van der Waals surface area contributed by atoms with Gasteiger partial charge in [0.05, 0.1) is 26.4 Å². The van der Waals surface area contributed by atoms with Crippen molar-refractivity contribution in [1.82, 2.24) is 0 Å². The van der Waals surface area contributed by atoms with E-state index < -0.39 is 40.0 Å². The van der Waals surface area contributed by atoms with Gasteiger partial charge in [0.15, 0.2) is 6.29 Å². The second-order valence-electron chi connectivity index (χ2n) is 8.78. The fraction of sp³-hybridized carbons (Fsp3) is 0.357. The molecule has 0 saturated carbocycles. The topological polar surface area (TPSA) is 101 Å². The summed E-state index contributed by atoms with van der Waals surface area (Å²) in [6.45, 7) is 0.430. The summed E-state index contributed by atoms with van der Waals surface area (Å²) in [7, 11) is -3.18. The highest BCUT2D eigenvalue weighted by atomic mass is 32.2. The molecule has 3 aromatic rings. The molecule has 5 atom stereocenters. The quantitative estimate of drug-likeness (QED) is 0.352. The van der Waals surface area contributed by atoms with Crippen LogP contribution in [0.3, 0.4) is 0 Å². The van der Waals surface area contributed by atoms with Crippen molar-refractivity contribution in [3.63, 3.8) is 0 Å². The third-order valence-electron chi connectivity index (χ3n) is 6.13. The summed E-state index contributed by atoms with van der Waals surface area (Å²) in [4.78, 5) is 0. The van der Waals surface area contributed by atoms with Crippen LogP contribution in [-0.2, 0) is 53.6 Å². The van der Waals surface area contributed by atoms with Crippen LogP contribution < -0.4 is 0 Å². The summed E-state index contributed by atoms with van der Waals surface area (Å²) in [5.41, 5.74) is 2.65. The Morgan fingerprint density at radius 1 is 0.730 bits per heavy atom. The maximum absolute atomic E-state index is 12.7. The lowest BCUT2D eigenvalue weighted by Crippen LogP contribution is -2.63. The van der Waals surface area contributed by atoms with Crippen LogP contribution in [-0.4, -0.2) is 56.5 Å². The molecule has 37 heavy (non-hydrogen) atoms. The van der Waals surface area contributed by atoms with Gasteiger partial charge in [-0.25, -0.2) is 0 Å². The van der Waals surface area contributed by atoms with E-state index in [2.05, 4.69) is 0 Å². The van der Waals surface area contributed by atoms with Crippen molar-refractivity contribution in [3.8, 4) is 0 Å². The maximum Gasteiger partial charge on any atom is 0.273 e. The number of ether oxygens (including phenoxy) is 5. The molecule has 4 rings (SSSR count). The molecule has 198 valence electrons. The lowest BCUT2D eigenvalue weighted by Gasteiger charge is -2.44. The summed E-state index contributed by atoms with van der Waals surface area (Å²) in [5.74, 6) is 0. The molecule has 1 heterocycles. The van der Waals surface area contributed by atoms with Gasteiger partial charge in [-0.3, -0.25) is 4.55 Å². The van der Waals surface area contributed by atoms with Gasteiger partial charge in [-0.15, -0.1) is 0 Å². The lowest BCUT2D eigenvalue weighted by molar-refractivity contribution is -0.284. The third-order valence-corrected chi connectivity index (χ3v) is 7.39. The summed E-state index contributed by atoms with van der Waals surface area (Å²) in [6.07, 6.45) is -4.04. The average molecular weight is 529 g/mol. The molecule has 1 N–H and O–H groups in total. The number of hydrogen-bond acceptors (Lipinski definition) is 7. The van der Waals surface area contributed by atoms with Crippen LogP contribution in [0.15, 0.2) is 91.0 Å². The summed E-state index contributed by atoms with van der Waals surface area (Å²) in [5, 5.41) is -1.46. The van der Waals surface area contributed by atoms with E-state index in [1.807, 2.05) is 91.0 Å². The van der Waals surface area contributed by atoms with Crippen molar-refractivity contribution >= 4 is 10.1 Å². The molecule has 0 aliphatic carbocycles. The third kappa shape index (κ3) is 7.68. The Hall–Kier alpha value is -2.63. The van der Waals surface area contributed by atoms with Crippen LogP contribution >= 0.6 is 0 Å². The number of rotatable bonds is 12. The first-order chi connectivity index (χ1) is 18.0. The standard InChI is InChI=1S/C28H32O8S/c1-32-28-26(35-19-23-15-9-4-10-16-23)25(34-18-22-13-7-3-8-14-22)27(37(29,30)31)24(36-28)20-33-17-21-11-5-2-6-12-21/h2-16,24-28H,17-20H2,1H3,(H,29,30,31)/t24-,25-,26-,27+,28+/m1/s1. The van der Waals surface area contributed by atoms with Crippen molar-refractivity contribution < 1.29 is 36.7 Å². The predicted octanol–water partition coefficient (Wildman–Crippen LogP) is 4.00. The Bertz CT molecular complexity index is 1170. The zero-order valence-corrected chi connectivity index (χ0v) is 21.4. The number of hydrogen-bond donors (Lipinski definition) is 1. The van der Waals surface area contributed by atoms with E-state index in [-0.39, 0.29) is 26.4 Å². The Morgan fingerprint density at radius 3 is 1.65 bits per heavy atom.